The second-order valence-electron chi connectivity index (χ2n) is 6.13. The number of aromatic nitrogens is 1. The molecule has 2 aromatic carbocycles. The van der Waals surface area contributed by atoms with Crippen molar-refractivity contribution in [3.8, 4) is 0 Å². The van der Waals surface area contributed by atoms with Crippen LogP contribution >= 0.6 is 11.6 Å². The lowest BCUT2D eigenvalue weighted by Gasteiger charge is -2.29. The molecule has 7 nitrogen and oxygen atoms in total. The molecule has 1 aliphatic rings. The predicted molar refractivity (Wildman–Crippen MR) is 110 cm³/mol. The van der Waals surface area contributed by atoms with E-state index in [9.17, 15) is 8.42 Å². The fraction of sp³-hybridized carbons (Fsp3) is 0.211. The Morgan fingerprint density at radius 1 is 1.07 bits per heavy atom. The van der Waals surface area contributed by atoms with Crippen molar-refractivity contribution in [2.45, 2.75) is 4.90 Å². The van der Waals surface area contributed by atoms with E-state index in [-0.39, 0.29) is 16.4 Å². The maximum absolute atomic E-state index is 13.1. The van der Waals surface area contributed by atoms with E-state index in [1.165, 1.54) is 10.0 Å². The summed E-state index contributed by atoms with van der Waals surface area (Å²) >= 11 is 6.12. The van der Waals surface area contributed by atoms with Crippen molar-refractivity contribution in [1.29, 1.82) is 0 Å². The fourth-order valence-corrected chi connectivity index (χ4v) is 5.02. The molecule has 0 unspecified atom stereocenters. The van der Waals surface area contributed by atoms with E-state index in [4.69, 9.17) is 21.5 Å². The molecule has 0 spiro atoms. The van der Waals surface area contributed by atoms with E-state index in [0.717, 1.165) is 37.3 Å². The Balaban J connectivity index is 0.000000706. The van der Waals surface area contributed by atoms with Crippen LogP contribution < -0.4 is 10.2 Å². The summed E-state index contributed by atoms with van der Waals surface area (Å²) in [5.74, 6) is 0. The molecule has 3 aromatic rings. The summed E-state index contributed by atoms with van der Waals surface area (Å²) in [6, 6.07) is 14.3. The minimum atomic E-state index is -3.75. The van der Waals surface area contributed by atoms with Crippen molar-refractivity contribution >= 4 is 44.7 Å². The molecule has 0 atom stereocenters. The molecule has 0 aliphatic carbocycles. The second kappa shape index (κ2) is 8.64. The number of fused-ring (bicyclic) bond motifs is 1. The van der Waals surface area contributed by atoms with Gasteiger partial charge in [-0.15, -0.1) is 0 Å². The summed E-state index contributed by atoms with van der Waals surface area (Å²) in [5.41, 5.74) is 1.69. The average Bonchev–Trinajstić information content (AvgIpc) is 3.13. The number of anilines is 1. The number of piperazine rings is 1. The highest BCUT2D eigenvalue weighted by molar-refractivity contribution is 7.90. The third-order valence-electron chi connectivity index (χ3n) is 4.50. The Bertz CT molecular complexity index is 1080. The van der Waals surface area contributed by atoms with Crippen LogP contribution in [0.1, 0.15) is 0 Å². The van der Waals surface area contributed by atoms with Gasteiger partial charge < -0.3 is 15.3 Å². The minimum Gasteiger partial charge on any atom is -0.483 e. The molecule has 2 heterocycles. The standard InChI is InChI=1S/C18H18ClN3O2S.CH2O2/c19-16-3-1-2-4-18(16)25(23,24)22-10-7-14-5-6-15(13-17(14)22)21-11-8-20-9-12-21;2-1-3/h1-7,10,13,20H,8-9,11-12H2;1H,(H,2,3). The SMILES string of the molecule is O=CO.O=S(=O)(c1ccccc1Cl)n1ccc2ccc(N3CCNCC3)cc21. The normalized spacial score (nSPS) is 14.4. The molecule has 0 saturated carbocycles. The van der Waals surface area contributed by atoms with Gasteiger partial charge in [-0.25, -0.2) is 12.4 Å². The highest BCUT2D eigenvalue weighted by Crippen LogP contribution is 2.29. The molecule has 0 bridgehead atoms. The van der Waals surface area contributed by atoms with Crippen LogP contribution in [0.5, 0.6) is 0 Å². The number of halogens is 1. The van der Waals surface area contributed by atoms with Gasteiger partial charge in [-0.05, 0) is 30.3 Å². The monoisotopic (exact) mass is 421 g/mol. The van der Waals surface area contributed by atoms with Crippen LogP contribution in [0.2, 0.25) is 5.02 Å². The molecule has 0 radical (unpaired) electrons. The summed E-state index contributed by atoms with van der Waals surface area (Å²) < 4.78 is 27.5. The van der Waals surface area contributed by atoms with Crippen LogP contribution in [-0.4, -0.2) is 50.1 Å². The van der Waals surface area contributed by atoms with Gasteiger partial charge in [0.1, 0.15) is 4.90 Å². The number of nitrogens with one attached hydrogen (secondary N) is 1. The molecule has 0 amide bonds. The van der Waals surface area contributed by atoms with E-state index in [1.807, 2.05) is 24.3 Å². The molecule has 1 aromatic heterocycles. The first-order valence-electron chi connectivity index (χ1n) is 8.64. The van der Waals surface area contributed by atoms with Crippen LogP contribution in [0.15, 0.2) is 59.6 Å². The molecule has 2 N–H and O–H groups in total. The number of hydrogen-bond donors (Lipinski definition) is 2. The van der Waals surface area contributed by atoms with Crippen LogP contribution in [0.4, 0.5) is 5.69 Å². The summed E-state index contributed by atoms with van der Waals surface area (Å²) in [4.78, 5) is 10.7. The average molecular weight is 422 g/mol. The molecular formula is C19H20ClN3O4S. The van der Waals surface area contributed by atoms with Gasteiger partial charge in [0.15, 0.2) is 0 Å². The molecule has 1 fully saturated rings. The van der Waals surface area contributed by atoms with E-state index < -0.39 is 10.0 Å². The first-order valence-corrected chi connectivity index (χ1v) is 10.5. The molecule has 1 aliphatic heterocycles. The van der Waals surface area contributed by atoms with Gasteiger partial charge in [-0.2, -0.15) is 0 Å². The van der Waals surface area contributed by atoms with Crippen molar-refractivity contribution in [2.75, 3.05) is 31.1 Å². The molecule has 1 saturated heterocycles. The number of nitrogens with zero attached hydrogens (tertiary/aromatic N) is 2. The lowest BCUT2D eigenvalue weighted by molar-refractivity contribution is -0.122. The number of hydrogen-bond acceptors (Lipinski definition) is 5. The second-order valence-corrected chi connectivity index (χ2v) is 8.32. The molecule has 148 valence electrons. The van der Waals surface area contributed by atoms with Crippen molar-refractivity contribution in [1.82, 2.24) is 9.29 Å². The van der Waals surface area contributed by atoms with Crippen LogP contribution in [-0.2, 0) is 14.8 Å². The summed E-state index contributed by atoms with van der Waals surface area (Å²) in [6.07, 6.45) is 1.59. The number of benzene rings is 2. The first kappa shape index (κ1) is 20.2. The number of carboxylic acid groups (broad SMARTS) is 1. The summed E-state index contributed by atoms with van der Waals surface area (Å²) in [5, 5.41) is 11.3. The minimum absolute atomic E-state index is 0.113. The van der Waals surface area contributed by atoms with Gasteiger partial charge in [0.2, 0.25) is 0 Å². The molecule has 4 rings (SSSR count). The zero-order chi connectivity index (χ0) is 20.1. The van der Waals surface area contributed by atoms with Gasteiger partial charge in [0.25, 0.3) is 16.5 Å². The van der Waals surface area contributed by atoms with Gasteiger partial charge in [-0.1, -0.05) is 29.8 Å². The first-order chi connectivity index (χ1) is 13.5. The summed E-state index contributed by atoms with van der Waals surface area (Å²) in [6.45, 7) is 3.42. The largest absolute Gasteiger partial charge is 0.483 e. The van der Waals surface area contributed by atoms with Gasteiger partial charge >= 0.3 is 0 Å². The van der Waals surface area contributed by atoms with Crippen molar-refractivity contribution in [3.63, 3.8) is 0 Å². The quantitative estimate of drug-likeness (QED) is 0.632. The maximum atomic E-state index is 13.1. The van der Waals surface area contributed by atoms with E-state index in [1.54, 1.807) is 24.4 Å². The lowest BCUT2D eigenvalue weighted by Crippen LogP contribution is -2.43. The maximum Gasteiger partial charge on any atom is 0.290 e. The smallest absolute Gasteiger partial charge is 0.290 e. The van der Waals surface area contributed by atoms with Gasteiger partial charge in [0.05, 0.1) is 10.5 Å². The molecule has 28 heavy (non-hydrogen) atoms. The van der Waals surface area contributed by atoms with E-state index >= 15 is 0 Å². The zero-order valence-corrected chi connectivity index (χ0v) is 16.5. The van der Waals surface area contributed by atoms with Gasteiger partial charge in [0, 0.05) is 43.4 Å². The number of carbonyl (C=O) groups is 1. The van der Waals surface area contributed by atoms with Gasteiger partial charge in [-0.3, -0.25) is 4.79 Å². The third kappa shape index (κ3) is 3.99. The highest BCUT2D eigenvalue weighted by atomic mass is 35.5. The zero-order valence-electron chi connectivity index (χ0n) is 15.0. The van der Waals surface area contributed by atoms with Crippen LogP contribution in [0.25, 0.3) is 10.9 Å². The Morgan fingerprint density at radius 2 is 1.75 bits per heavy atom. The Kier molecular flexibility index (Phi) is 6.23. The van der Waals surface area contributed by atoms with Crippen molar-refractivity contribution in [2.24, 2.45) is 0 Å². The molecule has 9 heteroatoms. The Hall–Kier alpha value is -2.55. The Morgan fingerprint density at radius 3 is 2.43 bits per heavy atom. The third-order valence-corrected chi connectivity index (χ3v) is 6.69. The van der Waals surface area contributed by atoms with E-state index in [2.05, 4.69) is 10.2 Å². The lowest BCUT2D eigenvalue weighted by atomic mass is 10.2. The number of rotatable bonds is 3. The van der Waals surface area contributed by atoms with E-state index in [0.29, 0.717) is 5.52 Å². The predicted octanol–water partition coefficient (Wildman–Crippen LogP) is 2.64. The Labute approximate surface area is 168 Å². The van der Waals surface area contributed by atoms with Crippen molar-refractivity contribution in [3.05, 3.63) is 59.8 Å². The molecular weight excluding hydrogens is 402 g/mol. The highest BCUT2D eigenvalue weighted by Gasteiger charge is 2.22. The topological polar surface area (TPSA) is 91.6 Å². The van der Waals surface area contributed by atoms with Crippen molar-refractivity contribution < 1.29 is 18.3 Å². The van der Waals surface area contributed by atoms with Crippen LogP contribution in [0, 0.1) is 0 Å². The summed E-state index contributed by atoms with van der Waals surface area (Å²) in [7, 11) is -3.75. The fourth-order valence-electron chi connectivity index (χ4n) is 3.18. The van der Waals surface area contributed by atoms with Crippen LogP contribution in [0.3, 0.4) is 0 Å².